The Morgan fingerprint density at radius 3 is 2.16 bits per heavy atom. The first-order valence-electron chi connectivity index (χ1n) is 6.90. The van der Waals surface area contributed by atoms with E-state index >= 15 is 0 Å². The van der Waals surface area contributed by atoms with Crippen LogP contribution in [0.15, 0.2) is 48.5 Å². The van der Waals surface area contributed by atoms with Crippen molar-refractivity contribution in [3.05, 3.63) is 70.8 Å². The number of aliphatic hydroxyl groups excluding tert-OH is 1. The van der Waals surface area contributed by atoms with Gasteiger partial charge in [0.05, 0.1) is 6.10 Å². The number of aryl methyl sites for hydroxylation is 1. The summed E-state index contributed by atoms with van der Waals surface area (Å²) in [6.45, 7) is 6.43. The van der Waals surface area contributed by atoms with Crippen molar-refractivity contribution < 1.29 is 5.11 Å². The Labute approximate surface area is 115 Å². The predicted molar refractivity (Wildman–Crippen MR) is 80.4 cm³/mol. The van der Waals surface area contributed by atoms with Crippen LogP contribution in [0.5, 0.6) is 0 Å². The Bertz CT molecular complexity index is 526. The maximum atomic E-state index is 10.3. The molecule has 1 nitrogen and oxygen atoms in total. The number of benzene rings is 2. The van der Waals surface area contributed by atoms with E-state index in [1.54, 1.807) is 0 Å². The van der Waals surface area contributed by atoms with Crippen molar-refractivity contribution in [3.8, 4) is 0 Å². The third kappa shape index (κ3) is 3.45. The number of hydrogen-bond donors (Lipinski definition) is 1. The van der Waals surface area contributed by atoms with E-state index in [4.69, 9.17) is 0 Å². The molecule has 2 aromatic carbocycles. The van der Waals surface area contributed by atoms with E-state index in [0.29, 0.717) is 12.3 Å². The molecule has 0 aliphatic heterocycles. The van der Waals surface area contributed by atoms with Gasteiger partial charge < -0.3 is 5.11 Å². The van der Waals surface area contributed by atoms with Gasteiger partial charge in [-0.05, 0) is 35.1 Å². The minimum atomic E-state index is -0.425. The van der Waals surface area contributed by atoms with E-state index < -0.39 is 6.10 Å². The molecule has 100 valence electrons. The predicted octanol–water partition coefficient (Wildman–Crippen LogP) is 4.39. The van der Waals surface area contributed by atoms with Crippen molar-refractivity contribution in [2.75, 3.05) is 0 Å². The largest absolute Gasteiger partial charge is 0.388 e. The molecule has 0 aliphatic carbocycles. The third-order valence-corrected chi connectivity index (χ3v) is 3.62. The fourth-order valence-corrected chi connectivity index (χ4v) is 2.33. The van der Waals surface area contributed by atoms with Gasteiger partial charge in [-0.3, -0.25) is 0 Å². The van der Waals surface area contributed by atoms with Gasteiger partial charge in [0.1, 0.15) is 0 Å². The first-order chi connectivity index (χ1) is 9.08. The summed E-state index contributed by atoms with van der Waals surface area (Å²) in [5.74, 6) is 0.551. The van der Waals surface area contributed by atoms with Gasteiger partial charge in [0.15, 0.2) is 0 Å². The van der Waals surface area contributed by atoms with Gasteiger partial charge in [-0.25, -0.2) is 0 Å². The van der Waals surface area contributed by atoms with Crippen molar-refractivity contribution in [2.45, 2.75) is 39.2 Å². The lowest BCUT2D eigenvalue weighted by atomic mass is 9.96. The first kappa shape index (κ1) is 13.8. The Balaban J connectivity index is 2.11. The topological polar surface area (TPSA) is 20.2 Å². The molecule has 0 saturated carbocycles. The average molecular weight is 254 g/mol. The van der Waals surface area contributed by atoms with Crippen LogP contribution in [0.4, 0.5) is 0 Å². The Morgan fingerprint density at radius 2 is 1.58 bits per heavy atom. The number of hydrogen-bond acceptors (Lipinski definition) is 1. The Hall–Kier alpha value is -1.60. The summed E-state index contributed by atoms with van der Waals surface area (Å²) in [5.41, 5.74) is 4.69. The van der Waals surface area contributed by atoms with Gasteiger partial charge >= 0.3 is 0 Å². The zero-order valence-corrected chi connectivity index (χ0v) is 11.9. The summed E-state index contributed by atoms with van der Waals surface area (Å²) in [4.78, 5) is 0. The second-order valence-electron chi connectivity index (χ2n) is 5.47. The highest BCUT2D eigenvalue weighted by atomic mass is 16.3. The van der Waals surface area contributed by atoms with Crippen molar-refractivity contribution >= 4 is 0 Å². The summed E-state index contributed by atoms with van der Waals surface area (Å²) < 4.78 is 0. The van der Waals surface area contributed by atoms with Crippen LogP contribution in [0.25, 0.3) is 0 Å². The second-order valence-corrected chi connectivity index (χ2v) is 5.47. The molecule has 1 atom stereocenters. The lowest BCUT2D eigenvalue weighted by molar-refractivity contribution is 0.177. The normalized spacial score (nSPS) is 12.7. The summed E-state index contributed by atoms with van der Waals surface area (Å²) in [5, 5.41) is 10.3. The third-order valence-electron chi connectivity index (χ3n) is 3.62. The SMILES string of the molecule is Cc1ccccc1C(O)Cc1ccc(C(C)C)cc1. The lowest BCUT2D eigenvalue weighted by Gasteiger charge is -2.14. The van der Waals surface area contributed by atoms with Crippen molar-refractivity contribution in [3.63, 3.8) is 0 Å². The molecular formula is C18H22O. The van der Waals surface area contributed by atoms with Crippen molar-refractivity contribution in [1.82, 2.24) is 0 Å². The lowest BCUT2D eigenvalue weighted by Crippen LogP contribution is -2.03. The summed E-state index contributed by atoms with van der Waals surface area (Å²) in [6, 6.07) is 16.6. The van der Waals surface area contributed by atoms with Gasteiger partial charge in [0.25, 0.3) is 0 Å². The summed E-state index contributed by atoms with van der Waals surface area (Å²) in [7, 11) is 0. The molecule has 2 rings (SSSR count). The monoisotopic (exact) mass is 254 g/mol. The molecule has 2 aromatic rings. The van der Waals surface area contributed by atoms with E-state index in [2.05, 4.69) is 38.1 Å². The standard InChI is InChI=1S/C18H22O/c1-13(2)16-10-8-15(9-11-16)12-18(19)17-7-5-4-6-14(17)3/h4-11,13,18-19H,12H2,1-3H3. The summed E-state index contributed by atoms with van der Waals surface area (Å²) >= 11 is 0. The summed E-state index contributed by atoms with van der Waals surface area (Å²) in [6.07, 6.45) is 0.245. The Kier molecular flexibility index (Phi) is 4.39. The van der Waals surface area contributed by atoms with Crippen LogP contribution in [0.3, 0.4) is 0 Å². The molecule has 0 spiro atoms. The van der Waals surface area contributed by atoms with Crippen molar-refractivity contribution in [2.24, 2.45) is 0 Å². The van der Waals surface area contributed by atoms with E-state index in [1.165, 1.54) is 11.1 Å². The molecule has 0 fully saturated rings. The molecule has 19 heavy (non-hydrogen) atoms. The van der Waals surface area contributed by atoms with Crippen LogP contribution in [-0.4, -0.2) is 5.11 Å². The smallest absolute Gasteiger partial charge is 0.0832 e. The van der Waals surface area contributed by atoms with Crippen LogP contribution in [0.1, 0.15) is 48.1 Å². The highest BCUT2D eigenvalue weighted by molar-refractivity contribution is 5.30. The van der Waals surface area contributed by atoms with Crippen LogP contribution in [-0.2, 0) is 6.42 Å². The zero-order chi connectivity index (χ0) is 13.8. The molecule has 1 N–H and O–H groups in total. The molecule has 1 heteroatoms. The molecule has 0 amide bonds. The first-order valence-corrected chi connectivity index (χ1v) is 6.90. The van der Waals surface area contributed by atoms with Crippen LogP contribution >= 0.6 is 0 Å². The molecule has 0 radical (unpaired) electrons. The fraction of sp³-hybridized carbons (Fsp3) is 0.333. The molecule has 0 heterocycles. The maximum absolute atomic E-state index is 10.3. The van der Waals surface area contributed by atoms with Crippen LogP contribution in [0, 0.1) is 6.92 Å². The minimum absolute atomic E-state index is 0.425. The highest BCUT2D eigenvalue weighted by Gasteiger charge is 2.10. The number of aliphatic hydroxyl groups is 1. The van der Waals surface area contributed by atoms with Gasteiger partial charge in [0.2, 0.25) is 0 Å². The second kappa shape index (κ2) is 6.03. The van der Waals surface area contributed by atoms with E-state index in [9.17, 15) is 5.11 Å². The zero-order valence-electron chi connectivity index (χ0n) is 11.9. The van der Waals surface area contributed by atoms with Crippen molar-refractivity contribution in [1.29, 1.82) is 0 Å². The van der Waals surface area contributed by atoms with E-state index in [0.717, 1.165) is 11.1 Å². The molecule has 0 saturated heterocycles. The van der Waals surface area contributed by atoms with E-state index in [-0.39, 0.29) is 0 Å². The molecular weight excluding hydrogens is 232 g/mol. The minimum Gasteiger partial charge on any atom is -0.388 e. The maximum Gasteiger partial charge on any atom is 0.0832 e. The average Bonchev–Trinajstić information content (AvgIpc) is 2.39. The van der Waals surface area contributed by atoms with Crippen LogP contribution in [0.2, 0.25) is 0 Å². The Morgan fingerprint density at radius 1 is 0.947 bits per heavy atom. The fourth-order valence-electron chi connectivity index (χ4n) is 2.33. The highest BCUT2D eigenvalue weighted by Crippen LogP contribution is 2.22. The van der Waals surface area contributed by atoms with E-state index in [1.807, 2.05) is 31.2 Å². The van der Waals surface area contributed by atoms with Crippen LogP contribution < -0.4 is 0 Å². The quantitative estimate of drug-likeness (QED) is 0.857. The van der Waals surface area contributed by atoms with Gasteiger partial charge in [-0.2, -0.15) is 0 Å². The molecule has 0 aliphatic rings. The van der Waals surface area contributed by atoms with Gasteiger partial charge in [0, 0.05) is 6.42 Å². The number of rotatable bonds is 4. The molecule has 0 aromatic heterocycles. The van der Waals surface area contributed by atoms with Gasteiger partial charge in [-0.1, -0.05) is 62.4 Å². The molecule has 0 bridgehead atoms. The molecule has 1 unspecified atom stereocenters. The van der Waals surface area contributed by atoms with Gasteiger partial charge in [-0.15, -0.1) is 0 Å².